The minimum Gasteiger partial charge on any atom is -0.478 e. The Morgan fingerprint density at radius 2 is 1.44 bits per heavy atom. The maximum absolute atomic E-state index is 14.5. The zero-order chi connectivity index (χ0) is 55.7. The number of carbonyl (C=O) groups excluding carboxylic acids is 5. The van der Waals surface area contributed by atoms with Crippen molar-refractivity contribution < 1.29 is 48.2 Å². The van der Waals surface area contributed by atoms with Crippen molar-refractivity contribution in [2.45, 2.75) is 129 Å². The van der Waals surface area contributed by atoms with Crippen LogP contribution in [0.4, 0.5) is 0 Å². The van der Waals surface area contributed by atoms with E-state index in [1.807, 2.05) is 92.7 Å². The third-order valence-electron chi connectivity index (χ3n) is 14.6. The van der Waals surface area contributed by atoms with Crippen LogP contribution in [0.5, 0.6) is 0 Å². The maximum Gasteiger partial charge on any atom is 0.328 e. The van der Waals surface area contributed by atoms with E-state index >= 15 is 0 Å². The fraction of sp³-hybridized carbons (Fsp3) is 0.517. The van der Waals surface area contributed by atoms with Crippen molar-refractivity contribution in [3.05, 3.63) is 131 Å². The average molecular weight is 1060 g/mol. The van der Waals surface area contributed by atoms with Gasteiger partial charge in [-0.15, -0.1) is 0 Å². The van der Waals surface area contributed by atoms with Gasteiger partial charge in [-0.25, -0.2) is 4.79 Å². The number of aliphatic carboxylic acids is 1. The number of allylic oxidation sites excluding steroid dienone is 9. The van der Waals surface area contributed by atoms with Crippen LogP contribution in [-0.2, 0) is 43.1 Å². The molecule has 1 saturated heterocycles. The Bertz CT molecular complexity index is 2440. The van der Waals surface area contributed by atoms with Crippen molar-refractivity contribution in [1.82, 2.24) is 31.5 Å². The molecule has 4 atom stereocenters. The van der Waals surface area contributed by atoms with E-state index in [0.717, 1.165) is 78.2 Å². The van der Waals surface area contributed by atoms with Gasteiger partial charge in [0.1, 0.15) is 18.1 Å². The van der Waals surface area contributed by atoms with Crippen molar-refractivity contribution in [3.63, 3.8) is 0 Å². The van der Waals surface area contributed by atoms with E-state index in [9.17, 15) is 28.8 Å². The summed E-state index contributed by atoms with van der Waals surface area (Å²) in [6.45, 7) is 13.3. The summed E-state index contributed by atoms with van der Waals surface area (Å²) in [5, 5.41) is 28.1. The van der Waals surface area contributed by atoms with Gasteiger partial charge in [0, 0.05) is 31.6 Å². The van der Waals surface area contributed by atoms with Crippen LogP contribution in [0.1, 0.15) is 116 Å². The molecule has 1 saturated carbocycles. The van der Waals surface area contributed by atoms with E-state index in [2.05, 4.69) is 51.7 Å². The molecule has 17 nitrogen and oxygen atoms in total. The van der Waals surface area contributed by atoms with Crippen LogP contribution in [0.2, 0.25) is 0 Å². The van der Waals surface area contributed by atoms with Crippen LogP contribution in [-0.4, -0.2) is 135 Å². The van der Waals surface area contributed by atoms with E-state index in [1.165, 1.54) is 0 Å². The number of carboxylic acids is 1. The molecular formula is C60H83N7O10. The molecule has 1 heterocycles. The predicted molar refractivity (Wildman–Crippen MR) is 299 cm³/mol. The molecule has 2 aromatic rings. The lowest BCUT2D eigenvalue weighted by Crippen LogP contribution is -2.59. The van der Waals surface area contributed by atoms with E-state index < -0.39 is 47.9 Å². The van der Waals surface area contributed by atoms with E-state index in [-0.39, 0.29) is 75.2 Å². The smallest absolute Gasteiger partial charge is 0.328 e. The number of amides is 5. The van der Waals surface area contributed by atoms with Gasteiger partial charge < -0.3 is 50.9 Å². The second-order valence-electron chi connectivity index (χ2n) is 20.8. The summed E-state index contributed by atoms with van der Waals surface area (Å²) in [6, 6.07) is 16.0. The number of carboxylic acid groups (broad SMARTS) is 1. The first-order valence-corrected chi connectivity index (χ1v) is 27.2. The quantitative estimate of drug-likeness (QED) is 0.0224. The second kappa shape index (κ2) is 31.5. The number of likely N-dealkylation sites (tertiary alicyclic amines) is 1. The van der Waals surface area contributed by atoms with Crippen molar-refractivity contribution >= 4 is 41.2 Å². The fourth-order valence-corrected chi connectivity index (χ4v) is 10.1. The monoisotopic (exact) mass is 1060 g/mol. The maximum atomic E-state index is 14.5. The molecular weight excluding hydrogens is 979 g/mol. The summed E-state index contributed by atoms with van der Waals surface area (Å²) in [7, 11) is 1.70. The normalized spacial score (nSPS) is 19.1. The highest BCUT2D eigenvalue weighted by Gasteiger charge is 2.43. The van der Waals surface area contributed by atoms with Crippen LogP contribution in [0.25, 0.3) is 0 Å². The highest BCUT2D eigenvalue weighted by atomic mass is 16.6. The summed E-state index contributed by atoms with van der Waals surface area (Å²) in [6.07, 6.45) is 18.0. The lowest BCUT2D eigenvalue weighted by Gasteiger charge is -2.36. The molecule has 2 aliphatic carbocycles. The number of nitrogens with zero attached hydrogens (tertiary/aromatic N) is 2. The van der Waals surface area contributed by atoms with Crippen molar-refractivity contribution in [2.75, 3.05) is 59.7 Å². The van der Waals surface area contributed by atoms with Gasteiger partial charge in [0.15, 0.2) is 6.61 Å². The number of rotatable bonds is 28. The summed E-state index contributed by atoms with van der Waals surface area (Å²) in [5.74, 6) is -3.28. The molecule has 0 bridgehead atoms. The molecule has 0 unspecified atom stereocenters. The Morgan fingerprint density at radius 3 is 2.06 bits per heavy atom. The van der Waals surface area contributed by atoms with E-state index in [4.69, 9.17) is 19.4 Å². The Morgan fingerprint density at radius 1 is 0.805 bits per heavy atom. The van der Waals surface area contributed by atoms with Crippen molar-refractivity contribution in [3.8, 4) is 0 Å². The number of ether oxygens (including phenoxy) is 2. The predicted octanol–water partition coefficient (Wildman–Crippen LogP) is 6.83. The third-order valence-corrected chi connectivity index (χ3v) is 14.6. The number of hydrogen-bond donors (Lipinski definition) is 6. The van der Waals surface area contributed by atoms with Crippen LogP contribution >= 0.6 is 0 Å². The van der Waals surface area contributed by atoms with E-state index in [1.54, 1.807) is 31.9 Å². The minimum atomic E-state index is -1.05. The number of hydrogen-bond acceptors (Lipinski definition) is 11. The summed E-state index contributed by atoms with van der Waals surface area (Å²) in [5.41, 5.74) is 6.11. The molecule has 17 heteroatoms. The van der Waals surface area contributed by atoms with Gasteiger partial charge in [-0.3, -0.25) is 24.0 Å². The Kier molecular flexibility index (Phi) is 25.0. The molecule has 0 radical (unpaired) electrons. The lowest BCUT2D eigenvalue weighted by atomic mass is 9.72. The molecule has 2 fully saturated rings. The van der Waals surface area contributed by atoms with Crippen LogP contribution < -0.4 is 26.6 Å². The summed E-state index contributed by atoms with van der Waals surface area (Å²) < 4.78 is 11.5. The standard InChI is InChI=1S/C60H83N7O10/c1-41(19-17-20-42(2)39-52(69)70)28-29-48-43(3)49(30-31-60(48,5)6)66-77-40-51(68)62-32-35-75-37-38-76-36-33-63-58(73)55(53(45-21-11-8-12-22-45)46-23-13-9-14-24-46)65-57(72)50-27-18-34-67(50)59(74)54(47-25-15-10-16-26-47)64-56(71)44(4)61-7/h8-9,11-14,17,19-24,28-29,39,44,47,50,53-55,61H,10,15-16,18,25-27,30-38,40H2,1-7H3,(H,62,68)(H,63,73)(H,64,71)(H,65,72)(H,69,70)/t44-,50-,54-,55-/m0/s1. The van der Waals surface area contributed by atoms with Gasteiger partial charge in [-0.1, -0.05) is 135 Å². The van der Waals surface area contributed by atoms with Crippen LogP contribution in [0, 0.1) is 11.3 Å². The molecule has 3 aliphatic rings. The fourth-order valence-electron chi connectivity index (χ4n) is 10.1. The Labute approximate surface area is 455 Å². The van der Waals surface area contributed by atoms with E-state index in [0.29, 0.717) is 31.4 Å². The van der Waals surface area contributed by atoms with Crippen LogP contribution in [0.3, 0.4) is 0 Å². The van der Waals surface area contributed by atoms with Gasteiger partial charge >= 0.3 is 5.97 Å². The largest absolute Gasteiger partial charge is 0.478 e. The molecule has 0 spiro atoms. The molecule has 0 aromatic heterocycles. The topological polar surface area (TPSA) is 226 Å². The average Bonchev–Trinajstić information content (AvgIpc) is 3.93. The first-order chi connectivity index (χ1) is 37.0. The molecule has 77 heavy (non-hydrogen) atoms. The molecule has 5 rings (SSSR count). The zero-order valence-electron chi connectivity index (χ0n) is 46.2. The first kappa shape index (κ1) is 61.2. The molecule has 5 amide bonds. The minimum absolute atomic E-state index is 0.0350. The number of oxime groups is 1. The van der Waals surface area contributed by atoms with Gasteiger partial charge in [0.2, 0.25) is 23.6 Å². The van der Waals surface area contributed by atoms with Gasteiger partial charge in [-0.2, -0.15) is 0 Å². The zero-order valence-corrected chi connectivity index (χ0v) is 46.2. The summed E-state index contributed by atoms with van der Waals surface area (Å²) >= 11 is 0. The highest BCUT2D eigenvalue weighted by Crippen LogP contribution is 2.40. The summed E-state index contributed by atoms with van der Waals surface area (Å²) in [4.78, 5) is 87.1. The third kappa shape index (κ3) is 19.4. The van der Waals surface area contributed by atoms with Crippen molar-refractivity contribution in [2.24, 2.45) is 16.5 Å². The van der Waals surface area contributed by atoms with Gasteiger partial charge in [0.25, 0.3) is 5.91 Å². The van der Waals surface area contributed by atoms with Gasteiger partial charge in [-0.05, 0) is 112 Å². The number of benzene rings is 2. The molecule has 2 aromatic carbocycles. The first-order valence-electron chi connectivity index (χ1n) is 27.2. The number of nitrogens with one attached hydrogen (secondary N) is 5. The molecule has 6 N–H and O–H groups in total. The number of likely N-dealkylation sites (N-methyl/N-ethyl adjacent to an activating group) is 1. The Hall–Kier alpha value is -6.69. The van der Waals surface area contributed by atoms with Crippen molar-refractivity contribution in [1.29, 1.82) is 0 Å². The lowest BCUT2D eigenvalue weighted by molar-refractivity contribution is -0.143. The van der Waals surface area contributed by atoms with Crippen LogP contribution in [0.15, 0.2) is 125 Å². The SMILES string of the molecule is CN[C@@H](C)C(=O)N[C@H](C(=O)N1CCC[C@H]1C(=O)N[C@H](C(=O)NCCOCCOCCNC(=O)CON=C1CCC(C)(C)C(C=CC(C)=CC=CC(C)=CC(=O)O)=C1C)C(c1ccccc1)c1ccccc1)C1CCCCC1. The Balaban J connectivity index is 1.10. The molecule has 1 aliphatic heterocycles. The molecule has 418 valence electrons. The number of carbonyl (C=O) groups is 6. The highest BCUT2D eigenvalue weighted by molar-refractivity contribution is 6.01. The van der Waals surface area contributed by atoms with Gasteiger partial charge in [0.05, 0.1) is 38.2 Å². The second-order valence-corrected chi connectivity index (χ2v) is 20.8.